The Morgan fingerprint density at radius 2 is 1.92 bits per heavy atom. The number of para-hydroxylation sites is 1. The van der Waals surface area contributed by atoms with Crippen molar-refractivity contribution in [3.8, 4) is 11.9 Å². The zero-order chi connectivity index (χ0) is 25.7. The van der Waals surface area contributed by atoms with E-state index < -0.39 is 6.03 Å². The number of carbonyl (C=O) groups is 2. The van der Waals surface area contributed by atoms with E-state index in [9.17, 15) is 9.59 Å². The van der Waals surface area contributed by atoms with Gasteiger partial charge in [-0.1, -0.05) is 29.5 Å². The van der Waals surface area contributed by atoms with Crippen LogP contribution in [0.15, 0.2) is 30.3 Å². The number of hydrogen-bond donors (Lipinski definition) is 3. The van der Waals surface area contributed by atoms with Crippen molar-refractivity contribution in [2.75, 3.05) is 36.3 Å². The quantitative estimate of drug-likeness (QED) is 0.420. The molecule has 11 nitrogen and oxygen atoms in total. The number of carbonyl (C=O) groups excluding carboxylic acids is 2. The molecule has 1 aromatic carbocycles. The second-order valence-electron chi connectivity index (χ2n) is 8.45. The van der Waals surface area contributed by atoms with Crippen molar-refractivity contribution in [3.05, 3.63) is 46.5 Å². The lowest BCUT2D eigenvalue weighted by molar-refractivity contribution is -0.120. The second kappa shape index (κ2) is 11.2. The van der Waals surface area contributed by atoms with Crippen LogP contribution >= 0.6 is 11.3 Å². The molecule has 3 N–H and O–H groups in total. The Hall–Kier alpha value is -3.93. The molecule has 2 aromatic heterocycles. The fourth-order valence-corrected chi connectivity index (χ4v) is 4.81. The fourth-order valence-electron chi connectivity index (χ4n) is 3.79. The maximum absolute atomic E-state index is 12.7. The first kappa shape index (κ1) is 25.2. The highest BCUT2D eigenvalue weighted by molar-refractivity contribution is 7.15. The smallest absolute Gasteiger partial charge is 0.325 e. The number of aromatic nitrogens is 3. The summed E-state index contributed by atoms with van der Waals surface area (Å²) < 4.78 is 10.4. The Kier molecular flexibility index (Phi) is 7.84. The van der Waals surface area contributed by atoms with E-state index in [-0.39, 0.29) is 24.4 Å². The summed E-state index contributed by atoms with van der Waals surface area (Å²) in [6.45, 7) is 5.11. The van der Waals surface area contributed by atoms with Crippen molar-refractivity contribution in [2.45, 2.75) is 39.3 Å². The number of fused-ring (bicyclic) bond motifs is 1. The molecule has 1 aliphatic heterocycles. The number of methoxy groups -OCH3 is 2. The number of benzene rings is 1. The van der Waals surface area contributed by atoms with Gasteiger partial charge in [0.25, 0.3) is 0 Å². The van der Waals surface area contributed by atoms with E-state index >= 15 is 0 Å². The lowest BCUT2D eigenvalue weighted by atomic mass is 10.1. The summed E-state index contributed by atoms with van der Waals surface area (Å²) in [5, 5.41) is 9.04. The van der Waals surface area contributed by atoms with Gasteiger partial charge in [0, 0.05) is 35.6 Å². The summed E-state index contributed by atoms with van der Waals surface area (Å²) >= 11 is 1.42. The maximum atomic E-state index is 12.7. The molecule has 0 aliphatic carbocycles. The van der Waals surface area contributed by atoms with Gasteiger partial charge in [0.2, 0.25) is 11.8 Å². The summed E-state index contributed by atoms with van der Waals surface area (Å²) in [5.41, 5.74) is 2.26. The monoisotopic (exact) mass is 511 g/mol. The van der Waals surface area contributed by atoms with Gasteiger partial charge in [-0.3, -0.25) is 10.1 Å². The minimum atomic E-state index is -0.417. The van der Waals surface area contributed by atoms with E-state index in [1.54, 1.807) is 19.2 Å². The normalized spacial score (nSPS) is 12.6. The SMILES string of the molecule is COc1cc(N2CCc3nc(NC(=O)Nc4ccccc4CC(=O)NC(C)C)sc3C2)nc(OC)n1. The second-order valence-corrected chi connectivity index (χ2v) is 9.53. The molecule has 3 aromatic rings. The third-order valence-corrected chi connectivity index (χ3v) is 6.40. The molecule has 36 heavy (non-hydrogen) atoms. The predicted molar refractivity (Wildman–Crippen MR) is 138 cm³/mol. The number of rotatable bonds is 8. The number of ether oxygens (including phenoxy) is 2. The van der Waals surface area contributed by atoms with E-state index in [1.165, 1.54) is 18.4 Å². The summed E-state index contributed by atoms with van der Waals surface area (Å²) in [4.78, 5) is 41.2. The lowest BCUT2D eigenvalue weighted by Crippen LogP contribution is -2.31. The highest BCUT2D eigenvalue weighted by atomic mass is 32.1. The Bertz CT molecular complexity index is 1220. The van der Waals surface area contributed by atoms with Crippen molar-refractivity contribution >= 4 is 39.9 Å². The third kappa shape index (κ3) is 6.19. The molecule has 3 amide bonds. The first-order valence-electron chi connectivity index (χ1n) is 11.5. The van der Waals surface area contributed by atoms with Crippen molar-refractivity contribution in [1.29, 1.82) is 0 Å². The van der Waals surface area contributed by atoms with Crippen molar-refractivity contribution in [1.82, 2.24) is 20.3 Å². The minimum Gasteiger partial charge on any atom is -0.481 e. The zero-order valence-corrected chi connectivity index (χ0v) is 21.4. The molecule has 0 fully saturated rings. The van der Waals surface area contributed by atoms with E-state index in [0.29, 0.717) is 42.0 Å². The average molecular weight is 512 g/mol. The molecule has 0 radical (unpaired) electrons. The Labute approximate surface area is 213 Å². The number of anilines is 3. The maximum Gasteiger partial charge on any atom is 0.325 e. The molecule has 3 heterocycles. The molecule has 12 heteroatoms. The van der Waals surface area contributed by atoms with Crippen LogP contribution in [0, 0.1) is 0 Å². The van der Waals surface area contributed by atoms with E-state index in [2.05, 4.69) is 35.8 Å². The molecule has 0 saturated carbocycles. The number of thiazole rings is 1. The molecular weight excluding hydrogens is 482 g/mol. The molecule has 4 rings (SSSR count). The summed E-state index contributed by atoms with van der Waals surface area (Å²) in [5.74, 6) is 1.02. The van der Waals surface area contributed by atoms with Gasteiger partial charge in [0.1, 0.15) is 5.82 Å². The number of urea groups is 1. The lowest BCUT2D eigenvalue weighted by Gasteiger charge is -2.27. The van der Waals surface area contributed by atoms with Crippen LogP contribution in [0.2, 0.25) is 0 Å². The van der Waals surface area contributed by atoms with Crippen LogP contribution < -0.4 is 30.3 Å². The van der Waals surface area contributed by atoms with Gasteiger partial charge < -0.3 is 25.0 Å². The number of amides is 3. The summed E-state index contributed by atoms with van der Waals surface area (Å²) in [6.07, 6.45) is 0.881. The molecular formula is C24H29N7O4S. The highest BCUT2D eigenvalue weighted by Crippen LogP contribution is 2.31. The summed E-state index contributed by atoms with van der Waals surface area (Å²) in [6, 6.07) is 8.87. The van der Waals surface area contributed by atoms with Crippen LogP contribution in [0.5, 0.6) is 11.9 Å². The van der Waals surface area contributed by atoms with Gasteiger partial charge in [0.15, 0.2) is 5.13 Å². The van der Waals surface area contributed by atoms with E-state index in [1.807, 2.05) is 32.0 Å². The van der Waals surface area contributed by atoms with Gasteiger partial charge in [-0.15, -0.1) is 0 Å². The molecule has 0 saturated heterocycles. The van der Waals surface area contributed by atoms with Gasteiger partial charge in [-0.2, -0.15) is 9.97 Å². The first-order chi connectivity index (χ1) is 17.3. The predicted octanol–water partition coefficient (Wildman–Crippen LogP) is 3.22. The van der Waals surface area contributed by atoms with E-state index in [4.69, 9.17) is 9.47 Å². The van der Waals surface area contributed by atoms with Crippen LogP contribution in [-0.4, -0.2) is 53.7 Å². The zero-order valence-electron chi connectivity index (χ0n) is 20.6. The van der Waals surface area contributed by atoms with Crippen LogP contribution in [0.1, 0.15) is 30.0 Å². The van der Waals surface area contributed by atoms with Crippen LogP contribution in [0.3, 0.4) is 0 Å². The molecule has 0 spiro atoms. The fraction of sp³-hybridized carbons (Fsp3) is 0.375. The number of nitrogens with zero attached hydrogens (tertiary/aromatic N) is 4. The van der Waals surface area contributed by atoms with E-state index in [0.717, 1.165) is 16.1 Å². The summed E-state index contributed by atoms with van der Waals surface area (Å²) in [7, 11) is 3.06. The minimum absolute atomic E-state index is 0.0474. The van der Waals surface area contributed by atoms with Crippen molar-refractivity contribution in [2.24, 2.45) is 0 Å². The largest absolute Gasteiger partial charge is 0.481 e. The highest BCUT2D eigenvalue weighted by Gasteiger charge is 2.24. The third-order valence-electron chi connectivity index (χ3n) is 5.40. The first-order valence-corrected chi connectivity index (χ1v) is 12.3. The van der Waals surface area contributed by atoms with Crippen LogP contribution in [-0.2, 0) is 24.2 Å². The van der Waals surface area contributed by atoms with Crippen molar-refractivity contribution in [3.63, 3.8) is 0 Å². The average Bonchev–Trinajstić information content (AvgIpc) is 3.25. The molecule has 0 atom stereocenters. The topological polar surface area (TPSA) is 131 Å². The molecule has 0 unspecified atom stereocenters. The van der Waals surface area contributed by atoms with Gasteiger partial charge >= 0.3 is 12.0 Å². The van der Waals surface area contributed by atoms with Crippen LogP contribution in [0.25, 0.3) is 0 Å². The van der Waals surface area contributed by atoms with Crippen molar-refractivity contribution < 1.29 is 19.1 Å². The Morgan fingerprint density at radius 1 is 1.11 bits per heavy atom. The Morgan fingerprint density at radius 3 is 2.67 bits per heavy atom. The molecule has 1 aliphatic rings. The number of hydrogen-bond acceptors (Lipinski definition) is 9. The Balaban J connectivity index is 1.41. The van der Waals surface area contributed by atoms with Gasteiger partial charge in [-0.25, -0.2) is 9.78 Å². The van der Waals surface area contributed by atoms with Gasteiger partial charge in [-0.05, 0) is 25.5 Å². The van der Waals surface area contributed by atoms with Gasteiger partial charge in [0.05, 0.1) is 32.9 Å². The molecule has 190 valence electrons. The molecule has 0 bridgehead atoms. The standard InChI is InChI=1S/C24H29N7O4S/c1-14(2)25-20(32)11-15-7-5-6-8-16(15)26-22(33)30-24-27-17-9-10-31(13-18(17)36-24)19-12-21(34-3)29-23(28-19)35-4/h5-8,12,14H,9-11,13H2,1-4H3,(H,25,32)(H2,26,27,30,33). The van der Waals surface area contributed by atoms with Crippen LogP contribution in [0.4, 0.5) is 21.4 Å². The number of nitrogens with one attached hydrogen (secondary N) is 3.